The van der Waals surface area contributed by atoms with Gasteiger partial charge < -0.3 is 14.2 Å². The Morgan fingerprint density at radius 3 is 2.50 bits per heavy atom. The van der Waals surface area contributed by atoms with E-state index in [0.717, 1.165) is 22.2 Å². The van der Waals surface area contributed by atoms with Crippen LogP contribution in [0.3, 0.4) is 0 Å². The summed E-state index contributed by atoms with van der Waals surface area (Å²) in [6.45, 7) is 6.13. The van der Waals surface area contributed by atoms with Crippen molar-refractivity contribution in [2.45, 2.75) is 26.7 Å². The summed E-state index contributed by atoms with van der Waals surface area (Å²) >= 11 is 0. The van der Waals surface area contributed by atoms with Crippen molar-refractivity contribution in [1.82, 2.24) is 4.98 Å². The van der Waals surface area contributed by atoms with Crippen LogP contribution in [0.25, 0.3) is 10.9 Å². The zero-order valence-electron chi connectivity index (χ0n) is 12.9. The molecule has 0 unspecified atom stereocenters. The number of carbonyl (C=O) groups is 1. The second kappa shape index (κ2) is 6.01. The quantitative estimate of drug-likeness (QED) is 0.790. The lowest BCUT2D eigenvalue weighted by Gasteiger charge is -2.15. The van der Waals surface area contributed by atoms with E-state index in [0.29, 0.717) is 17.1 Å². The van der Waals surface area contributed by atoms with Gasteiger partial charge in [-0.25, -0.2) is 4.79 Å². The molecule has 1 aliphatic rings. The molecule has 0 fully saturated rings. The fourth-order valence-electron chi connectivity index (χ4n) is 2.61. The van der Waals surface area contributed by atoms with E-state index in [1.165, 1.54) is 7.11 Å². The van der Waals surface area contributed by atoms with Crippen molar-refractivity contribution in [3.8, 4) is 11.5 Å². The van der Waals surface area contributed by atoms with Crippen molar-refractivity contribution < 1.29 is 19.0 Å². The Bertz CT molecular complexity index is 743. The Hall–Kier alpha value is -2.01. The summed E-state index contributed by atoms with van der Waals surface area (Å²) in [5.74, 6) is 1.13. The predicted octanol–water partition coefficient (Wildman–Crippen LogP) is 3.60. The molecule has 1 aromatic heterocycles. The third-order valence-electron chi connectivity index (χ3n) is 3.70. The number of fused-ring (bicyclic) bond motifs is 2. The van der Waals surface area contributed by atoms with Gasteiger partial charge in [0.25, 0.3) is 0 Å². The number of benzene rings is 1. The van der Waals surface area contributed by atoms with Gasteiger partial charge in [-0.05, 0) is 24.5 Å². The number of hydrogen-bond acceptors (Lipinski definition) is 5. The topological polar surface area (TPSA) is 57.7 Å². The number of aryl methyl sites for hydroxylation is 1. The molecular weight excluding hydrogens is 306 g/mol. The number of methoxy groups -OCH3 is 1. The van der Waals surface area contributed by atoms with E-state index >= 15 is 0 Å². The zero-order chi connectivity index (χ0) is 15.1. The van der Waals surface area contributed by atoms with Gasteiger partial charge in [0, 0.05) is 11.5 Å². The Balaban J connectivity index is 0.00000176. The summed E-state index contributed by atoms with van der Waals surface area (Å²) in [4.78, 5) is 16.8. The van der Waals surface area contributed by atoms with Crippen LogP contribution in [-0.2, 0) is 4.74 Å². The van der Waals surface area contributed by atoms with E-state index in [2.05, 4.69) is 4.98 Å². The Kier molecular flexibility index (Phi) is 4.47. The van der Waals surface area contributed by atoms with Crippen LogP contribution in [0.5, 0.6) is 11.5 Å². The smallest absolute Gasteiger partial charge is 0.340 e. The van der Waals surface area contributed by atoms with Crippen LogP contribution in [0.2, 0.25) is 0 Å². The predicted molar refractivity (Wildman–Crippen MR) is 85.3 cm³/mol. The molecule has 2 heterocycles. The number of rotatable bonds is 2. The van der Waals surface area contributed by atoms with E-state index in [4.69, 9.17) is 14.2 Å². The van der Waals surface area contributed by atoms with Crippen LogP contribution in [0, 0.1) is 6.92 Å². The van der Waals surface area contributed by atoms with E-state index in [-0.39, 0.29) is 31.1 Å². The summed E-state index contributed by atoms with van der Waals surface area (Å²) < 4.78 is 15.7. The van der Waals surface area contributed by atoms with Gasteiger partial charge in [0.15, 0.2) is 11.5 Å². The first-order chi connectivity index (χ1) is 10.0. The maximum absolute atomic E-state index is 12.1. The Morgan fingerprint density at radius 1 is 1.27 bits per heavy atom. The van der Waals surface area contributed by atoms with Crippen molar-refractivity contribution in [2.24, 2.45) is 0 Å². The number of nitrogens with zero attached hydrogens (tertiary/aromatic N) is 1. The number of pyridine rings is 1. The molecule has 22 heavy (non-hydrogen) atoms. The minimum absolute atomic E-state index is 0. The fourth-order valence-corrected chi connectivity index (χ4v) is 2.61. The second-order valence-corrected chi connectivity index (χ2v) is 5.37. The van der Waals surface area contributed by atoms with E-state index < -0.39 is 0 Å². The van der Waals surface area contributed by atoms with Gasteiger partial charge in [0.2, 0.25) is 6.79 Å². The lowest BCUT2D eigenvalue weighted by atomic mass is 9.96. The van der Waals surface area contributed by atoms with Crippen LogP contribution in [0.1, 0.15) is 41.4 Å². The van der Waals surface area contributed by atoms with Crippen LogP contribution >= 0.6 is 12.4 Å². The molecular formula is C16H18ClNO4. The lowest BCUT2D eigenvalue weighted by Crippen LogP contribution is -2.12. The molecule has 0 radical (unpaired) electrons. The molecule has 0 bridgehead atoms. The largest absolute Gasteiger partial charge is 0.465 e. The average Bonchev–Trinajstić information content (AvgIpc) is 2.91. The number of esters is 1. The van der Waals surface area contributed by atoms with Gasteiger partial charge in [-0.15, -0.1) is 12.4 Å². The molecule has 0 aliphatic carbocycles. The molecule has 0 N–H and O–H groups in total. The molecule has 5 nitrogen and oxygen atoms in total. The fraction of sp³-hybridized carbons (Fsp3) is 0.375. The maximum Gasteiger partial charge on any atom is 0.340 e. The van der Waals surface area contributed by atoms with Gasteiger partial charge >= 0.3 is 5.97 Å². The Morgan fingerprint density at radius 2 is 1.91 bits per heavy atom. The first-order valence-corrected chi connectivity index (χ1v) is 6.85. The number of ether oxygens (including phenoxy) is 3. The highest BCUT2D eigenvalue weighted by Gasteiger charge is 2.23. The normalized spacial score (nSPS) is 12.4. The lowest BCUT2D eigenvalue weighted by molar-refractivity contribution is 0.0598. The highest BCUT2D eigenvalue weighted by Crippen LogP contribution is 2.38. The molecule has 2 aromatic rings. The van der Waals surface area contributed by atoms with Gasteiger partial charge in [-0.3, -0.25) is 4.98 Å². The number of halogens is 1. The van der Waals surface area contributed by atoms with Crippen LogP contribution < -0.4 is 9.47 Å². The van der Waals surface area contributed by atoms with Gasteiger partial charge in [0.05, 0.1) is 23.9 Å². The number of carbonyl (C=O) groups excluding carboxylic acids is 1. The second-order valence-electron chi connectivity index (χ2n) is 5.37. The van der Waals surface area contributed by atoms with Crippen molar-refractivity contribution in [3.05, 3.63) is 29.0 Å². The molecule has 0 atom stereocenters. The molecule has 118 valence electrons. The molecule has 3 rings (SSSR count). The minimum atomic E-state index is -0.358. The Labute approximate surface area is 135 Å². The molecule has 1 aromatic carbocycles. The zero-order valence-corrected chi connectivity index (χ0v) is 13.7. The van der Waals surface area contributed by atoms with Crippen LogP contribution in [0.4, 0.5) is 0 Å². The summed E-state index contributed by atoms with van der Waals surface area (Å²) in [7, 11) is 1.38. The first kappa shape index (κ1) is 16.4. The average molecular weight is 324 g/mol. The molecule has 0 saturated carbocycles. The van der Waals surface area contributed by atoms with Crippen molar-refractivity contribution in [2.75, 3.05) is 13.9 Å². The van der Waals surface area contributed by atoms with Crippen molar-refractivity contribution >= 4 is 29.3 Å². The van der Waals surface area contributed by atoms with E-state index in [9.17, 15) is 4.79 Å². The monoisotopic (exact) mass is 323 g/mol. The molecule has 6 heteroatoms. The van der Waals surface area contributed by atoms with Crippen molar-refractivity contribution in [3.63, 3.8) is 0 Å². The number of hydrogen-bond donors (Lipinski definition) is 0. The summed E-state index contributed by atoms with van der Waals surface area (Å²) in [6.07, 6.45) is 0. The van der Waals surface area contributed by atoms with E-state index in [1.807, 2.05) is 32.9 Å². The highest BCUT2D eigenvalue weighted by atomic mass is 35.5. The molecule has 0 amide bonds. The third kappa shape index (κ3) is 2.46. The van der Waals surface area contributed by atoms with Crippen molar-refractivity contribution in [1.29, 1.82) is 0 Å². The minimum Gasteiger partial charge on any atom is -0.465 e. The molecule has 0 saturated heterocycles. The first-order valence-electron chi connectivity index (χ1n) is 6.85. The maximum atomic E-state index is 12.1. The van der Waals surface area contributed by atoms with Crippen LogP contribution in [0.15, 0.2) is 12.1 Å². The van der Waals surface area contributed by atoms with Gasteiger partial charge in [-0.1, -0.05) is 13.8 Å². The van der Waals surface area contributed by atoms with E-state index in [1.54, 1.807) is 0 Å². The SMILES string of the molecule is COC(=O)c1c(C(C)C)nc2cc3c(cc2c1C)OCO3.Cl. The van der Waals surface area contributed by atoms with Crippen LogP contribution in [-0.4, -0.2) is 24.9 Å². The van der Waals surface area contributed by atoms with Gasteiger partial charge in [0.1, 0.15) is 0 Å². The van der Waals surface area contributed by atoms with Gasteiger partial charge in [-0.2, -0.15) is 0 Å². The molecule has 1 aliphatic heterocycles. The standard InChI is InChI=1S/C16H17NO4.ClH/c1-8(2)15-14(16(18)19-4)9(3)10-5-12-13(21-7-20-12)6-11(10)17-15;/h5-6,8H,7H2,1-4H3;1H. The molecule has 0 spiro atoms. The highest BCUT2D eigenvalue weighted by molar-refractivity contribution is 5.99. The summed E-state index contributed by atoms with van der Waals surface area (Å²) in [6, 6.07) is 3.73. The summed E-state index contributed by atoms with van der Waals surface area (Å²) in [5.41, 5.74) is 2.94. The number of aromatic nitrogens is 1. The summed E-state index contributed by atoms with van der Waals surface area (Å²) in [5, 5.41) is 0.879. The third-order valence-corrected chi connectivity index (χ3v) is 3.70.